The lowest BCUT2D eigenvalue weighted by molar-refractivity contribution is -0.121. The molecule has 1 amide bonds. The monoisotopic (exact) mass is 290 g/mol. The lowest BCUT2D eigenvalue weighted by atomic mass is 9.88. The van der Waals surface area contributed by atoms with Crippen LogP contribution in [0.15, 0.2) is 30.3 Å². The van der Waals surface area contributed by atoms with Gasteiger partial charge in [-0.15, -0.1) is 0 Å². The second kappa shape index (κ2) is 9.56. The van der Waals surface area contributed by atoms with Crippen LogP contribution in [0.5, 0.6) is 0 Å². The van der Waals surface area contributed by atoms with Crippen LogP contribution in [0.2, 0.25) is 0 Å². The van der Waals surface area contributed by atoms with Gasteiger partial charge in [-0.25, -0.2) is 0 Å². The molecular formula is C18H30N2O. The molecule has 1 aromatic carbocycles. The number of nitrogens with one attached hydrogen (secondary N) is 2. The lowest BCUT2D eigenvalue weighted by Gasteiger charge is -2.22. The first-order valence-corrected chi connectivity index (χ1v) is 8.09. The Kier molecular flexibility index (Phi) is 8.06. The molecule has 3 heteroatoms. The molecule has 3 nitrogen and oxygen atoms in total. The minimum Gasteiger partial charge on any atom is -0.354 e. The molecule has 2 atom stereocenters. The minimum absolute atomic E-state index is 0.137. The van der Waals surface area contributed by atoms with E-state index in [4.69, 9.17) is 0 Å². The van der Waals surface area contributed by atoms with Gasteiger partial charge >= 0.3 is 0 Å². The van der Waals surface area contributed by atoms with Crippen molar-refractivity contribution in [3.05, 3.63) is 35.9 Å². The van der Waals surface area contributed by atoms with Gasteiger partial charge in [0.2, 0.25) is 5.91 Å². The number of hydrogen-bond acceptors (Lipinski definition) is 2. The first kappa shape index (κ1) is 17.7. The second-order valence-corrected chi connectivity index (χ2v) is 6.09. The Hall–Kier alpha value is -1.35. The van der Waals surface area contributed by atoms with E-state index in [-0.39, 0.29) is 11.9 Å². The van der Waals surface area contributed by atoms with Gasteiger partial charge in [0.25, 0.3) is 0 Å². The van der Waals surface area contributed by atoms with Crippen LogP contribution in [0.25, 0.3) is 0 Å². The van der Waals surface area contributed by atoms with Gasteiger partial charge in [-0.05, 0) is 30.7 Å². The zero-order valence-electron chi connectivity index (χ0n) is 13.9. The summed E-state index contributed by atoms with van der Waals surface area (Å²) in [5.41, 5.74) is 1.36. The van der Waals surface area contributed by atoms with Crippen molar-refractivity contribution in [1.29, 1.82) is 0 Å². The van der Waals surface area contributed by atoms with Crippen molar-refractivity contribution in [3.8, 4) is 0 Å². The average Bonchev–Trinajstić information content (AvgIpc) is 2.47. The van der Waals surface area contributed by atoms with E-state index in [1.165, 1.54) is 5.56 Å². The molecule has 1 rings (SSSR count). The van der Waals surface area contributed by atoms with Crippen molar-refractivity contribution in [2.75, 3.05) is 13.1 Å². The first-order chi connectivity index (χ1) is 10.0. The third-order valence-corrected chi connectivity index (χ3v) is 3.95. The molecule has 2 unspecified atom stereocenters. The van der Waals surface area contributed by atoms with Crippen molar-refractivity contribution in [3.63, 3.8) is 0 Å². The van der Waals surface area contributed by atoms with E-state index < -0.39 is 0 Å². The SMILES string of the molecule is CCC(C)NC(=O)CCNCC(c1ccccc1)C(C)C. The van der Waals surface area contributed by atoms with Gasteiger partial charge < -0.3 is 10.6 Å². The fourth-order valence-corrected chi connectivity index (χ4v) is 2.35. The van der Waals surface area contributed by atoms with E-state index in [1.54, 1.807) is 0 Å². The largest absolute Gasteiger partial charge is 0.354 e. The molecule has 0 aromatic heterocycles. The predicted molar refractivity (Wildman–Crippen MR) is 89.4 cm³/mol. The zero-order valence-corrected chi connectivity index (χ0v) is 13.9. The maximum atomic E-state index is 11.7. The summed E-state index contributed by atoms with van der Waals surface area (Å²) in [7, 11) is 0. The highest BCUT2D eigenvalue weighted by Gasteiger charge is 2.15. The van der Waals surface area contributed by atoms with Gasteiger partial charge in [-0.2, -0.15) is 0 Å². The van der Waals surface area contributed by atoms with Crippen LogP contribution in [-0.4, -0.2) is 25.0 Å². The summed E-state index contributed by atoms with van der Waals surface area (Å²) in [6.07, 6.45) is 1.52. The standard InChI is InChI=1S/C18H30N2O/c1-5-15(4)20-18(21)11-12-19-13-17(14(2)3)16-9-7-6-8-10-16/h6-10,14-15,17,19H,5,11-13H2,1-4H3,(H,20,21). The Morgan fingerprint density at radius 2 is 1.81 bits per heavy atom. The summed E-state index contributed by atoms with van der Waals surface area (Å²) < 4.78 is 0. The van der Waals surface area contributed by atoms with E-state index in [1.807, 2.05) is 13.0 Å². The fraction of sp³-hybridized carbons (Fsp3) is 0.611. The molecule has 118 valence electrons. The highest BCUT2D eigenvalue weighted by Crippen LogP contribution is 2.23. The van der Waals surface area contributed by atoms with Crippen LogP contribution in [-0.2, 0) is 4.79 Å². The average molecular weight is 290 g/mol. The van der Waals surface area contributed by atoms with Crippen molar-refractivity contribution in [2.45, 2.75) is 52.5 Å². The molecule has 2 N–H and O–H groups in total. The molecule has 21 heavy (non-hydrogen) atoms. The summed E-state index contributed by atoms with van der Waals surface area (Å²) >= 11 is 0. The molecule has 0 saturated carbocycles. The number of hydrogen-bond donors (Lipinski definition) is 2. The number of rotatable bonds is 9. The Morgan fingerprint density at radius 1 is 1.14 bits per heavy atom. The van der Waals surface area contributed by atoms with Crippen molar-refractivity contribution >= 4 is 5.91 Å². The Bertz CT molecular complexity index is 403. The van der Waals surface area contributed by atoms with Gasteiger partial charge in [-0.3, -0.25) is 4.79 Å². The fourth-order valence-electron chi connectivity index (χ4n) is 2.35. The molecule has 0 bridgehead atoms. The van der Waals surface area contributed by atoms with Crippen LogP contribution < -0.4 is 10.6 Å². The van der Waals surface area contributed by atoms with Crippen molar-refractivity contribution in [2.24, 2.45) is 5.92 Å². The topological polar surface area (TPSA) is 41.1 Å². The Morgan fingerprint density at radius 3 is 2.38 bits per heavy atom. The van der Waals surface area contributed by atoms with Gasteiger partial charge in [-0.1, -0.05) is 51.1 Å². The highest BCUT2D eigenvalue weighted by atomic mass is 16.1. The van der Waals surface area contributed by atoms with Crippen LogP contribution >= 0.6 is 0 Å². The maximum Gasteiger partial charge on any atom is 0.221 e. The molecular weight excluding hydrogens is 260 g/mol. The minimum atomic E-state index is 0.137. The molecule has 0 aliphatic heterocycles. The molecule has 0 fully saturated rings. The lowest BCUT2D eigenvalue weighted by Crippen LogP contribution is -2.35. The van der Waals surface area contributed by atoms with Crippen molar-refractivity contribution < 1.29 is 4.79 Å². The molecule has 0 aliphatic carbocycles. The van der Waals surface area contributed by atoms with Crippen LogP contribution in [0, 0.1) is 5.92 Å². The first-order valence-electron chi connectivity index (χ1n) is 8.09. The predicted octanol–water partition coefficient (Wildman–Crippen LogP) is 3.32. The Labute approximate surface area is 129 Å². The molecule has 0 saturated heterocycles. The highest BCUT2D eigenvalue weighted by molar-refractivity contribution is 5.76. The number of amides is 1. The van der Waals surface area contributed by atoms with Crippen LogP contribution in [0.1, 0.15) is 52.0 Å². The third kappa shape index (κ3) is 6.76. The van der Waals surface area contributed by atoms with E-state index in [0.29, 0.717) is 18.3 Å². The summed E-state index contributed by atoms with van der Waals surface area (Å²) in [6, 6.07) is 10.9. The van der Waals surface area contributed by atoms with Gasteiger partial charge in [0.05, 0.1) is 0 Å². The molecule has 0 heterocycles. The summed E-state index contributed by atoms with van der Waals surface area (Å²) in [4.78, 5) is 11.7. The summed E-state index contributed by atoms with van der Waals surface area (Å²) in [6.45, 7) is 10.3. The normalized spacial score (nSPS) is 14.0. The van der Waals surface area contributed by atoms with Gasteiger partial charge in [0, 0.05) is 25.6 Å². The van der Waals surface area contributed by atoms with Crippen molar-refractivity contribution in [1.82, 2.24) is 10.6 Å². The van der Waals surface area contributed by atoms with E-state index in [0.717, 1.165) is 19.5 Å². The van der Waals surface area contributed by atoms with E-state index in [9.17, 15) is 4.79 Å². The molecule has 1 aromatic rings. The summed E-state index contributed by atoms with van der Waals surface area (Å²) in [5.74, 6) is 1.20. The van der Waals surface area contributed by atoms with Crippen LogP contribution in [0.4, 0.5) is 0 Å². The molecule has 0 spiro atoms. The van der Waals surface area contributed by atoms with Gasteiger partial charge in [0.15, 0.2) is 0 Å². The number of benzene rings is 1. The molecule has 0 radical (unpaired) electrons. The van der Waals surface area contributed by atoms with Crippen LogP contribution in [0.3, 0.4) is 0 Å². The van der Waals surface area contributed by atoms with Gasteiger partial charge in [0.1, 0.15) is 0 Å². The quantitative estimate of drug-likeness (QED) is 0.685. The van der Waals surface area contributed by atoms with E-state index in [2.05, 4.69) is 55.7 Å². The zero-order chi connectivity index (χ0) is 15.7. The third-order valence-electron chi connectivity index (χ3n) is 3.95. The summed E-state index contributed by atoms with van der Waals surface area (Å²) in [5, 5.41) is 6.42. The Balaban J connectivity index is 2.34. The van der Waals surface area contributed by atoms with E-state index >= 15 is 0 Å². The smallest absolute Gasteiger partial charge is 0.221 e. The number of carbonyl (C=O) groups is 1. The number of carbonyl (C=O) groups excluding carboxylic acids is 1. The molecule has 0 aliphatic rings. The second-order valence-electron chi connectivity index (χ2n) is 6.09. The maximum absolute atomic E-state index is 11.7.